The molecule has 0 amide bonds. The molecular weight excluding hydrogens is 380 g/mol. The minimum absolute atomic E-state index is 0.0209. The average Bonchev–Trinajstić information content (AvgIpc) is 2.71. The summed E-state index contributed by atoms with van der Waals surface area (Å²) in [5, 5.41) is 18.2. The normalized spacial score (nSPS) is 10.3. The second-order valence-electron chi connectivity index (χ2n) is 5.49. The maximum Gasteiger partial charge on any atom is 0.269 e. The van der Waals surface area contributed by atoms with Crippen LogP contribution in [-0.2, 0) is 6.61 Å². The van der Waals surface area contributed by atoms with Gasteiger partial charge in [0.1, 0.15) is 6.61 Å². The molecule has 0 saturated carbocycles. The summed E-state index contributed by atoms with van der Waals surface area (Å²) in [7, 11) is 1.53. The molecule has 0 unspecified atom stereocenters. The second kappa shape index (κ2) is 10.6. The number of benzene rings is 2. The van der Waals surface area contributed by atoms with Crippen LogP contribution in [0.5, 0.6) is 11.5 Å². The number of nitro groups is 1. The lowest BCUT2D eigenvalue weighted by Gasteiger charge is -2.11. The first-order valence-corrected chi connectivity index (χ1v) is 8.66. The molecule has 9 heteroatoms. The summed E-state index contributed by atoms with van der Waals surface area (Å²) in [6, 6.07) is 11.6. The van der Waals surface area contributed by atoms with Gasteiger partial charge in [-0.2, -0.15) is 5.10 Å². The van der Waals surface area contributed by atoms with Crippen molar-refractivity contribution in [1.82, 2.24) is 10.7 Å². The van der Waals surface area contributed by atoms with Crippen LogP contribution >= 0.6 is 12.2 Å². The molecule has 0 spiro atoms. The first-order valence-electron chi connectivity index (χ1n) is 8.25. The zero-order valence-corrected chi connectivity index (χ0v) is 16.1. The van der Waals surface area contributed by atoms with Gasteiger partial charge in [-0.15, -0.1) is 6.58 Å². The standard InChI is InChI=1S/C19H20N4O4S/c1-3-9-20-19(28)22-21-12-14-7-8-17(18(11-14)26-2)27-13-15-5-4-6-16(10-15)23(24)25/h3-8,10-12H,1,9,13H2,2H3,(H2,20,22,28). The van der Waals surface area contributed by atoms with Gasteiger partial charge in [-0.1, -0.05) is 18.2 Å². The number of methoxy groups -OCH3 is 1. The van der Waals surface area contributed by atoms with Crippen molar-refractivity contribution in [3.8, 4) is 11.5 Å². The highest BCUT2D eigenvalue weighted by atomic mass is 32.1. The first kappa shape index (κ1) is 20.8. The Hall–Kier alpha value is -3.46. The number of ether oxygens (including phenoxy) is 2. The topological polar surface area (TPSA) is 98.0 Å². The minimum atomic E-state index is -0.440. The highest BCUT2D eigenvalue weighted by molar-refractivity contribution is 7.80. The highest BCUT2D eigenvalue weighted by Crippen LogP contribution is 2.28. The molecular formula is C19H20N4O4S. The van der Waals surface area contributed by atoms with Crippen LogP contribution in [0.3, 0.4) is 0 Å². The quantitative estimate of drug-likeness (QED) is 0.219. The van der Waals surface area contributed by atoms with Crippen molar-refractivity contribution in [1.29, 1.82) is 0 Å². The van der Waals surface area contributed by atoms with Crippen molar-refractivity contribution in [2.45, 2.75) is 6.61 Å². The Morgan fingerprint density at radius 2 is 2.14 bits per heavy atom. The summed E-state index contributed by atoms with van der Waals surface area (Å²) in [6.07, 6.45) is 3.28. The lowest BCUT2D eigenvalue weighted by Crippen LogP contribution is -2.31. The van der Waals surface area contributed by atoms with Gasteiger partial charge in [0.2, 0.25) is 0 Å². The fourth-order valence-corrected chi connectivity index (χ4v) is 2.31. The van der Waals surface area contributed by atoms with Gasteiger partial charge in [0.25, 0.3) is 5.69 Å². The predicted molar refractivity (Wildman–Crippen MR) is 112 cm³/mol. The van der Waals surface area contributed by atoms with Crippen molar-refractivity contribution in [2.24, 2.45) is 5.10 Å². The molecule has 0 fully saturated rings. The average molecular weight is 400 g/mol. The van der Waals surface area contributed by atoms with Gasteiger partial charge in [-0.05, 0) is 41.5 Å². The molecule has 0 atom stereocenters. The molecule has 146 valence electrons. The Morgan fingerprint density at radius 3 is 2.86 bits per heavy atom. The molecule has 2 aromatic rings. The monoisotopic (exact) mass is 400 g/mol. The molecule has 2 N–H and O–H groups in total. The molecule has 2 rings (SSSR count). The summed E-state index contributed by atoms with van der Waals surface area (Å²) < 4.78 is 11.1. The van der Waals surface area contributed by atoms with Gasteiger partial charge >= 0.3 is 0 Å². The number of hydrazone groups is 1. The zero-order chi connectivity index (χ0) is 20.4. The molecule has 0 radical (unpaired) electrons. The van der Waals surface area contributed by atoms with E-state index in [1.807, 2.05) is 0 Å². The van der Waals surface area contributed by atoms with Crippen molar-refractivity contribution in [2.75, 3.05) is 13.7 Å². The number of hydrogen-bond acceptors (Lipinski definition) is 6. The SMILES string of the molecule is C=CCNC(=S)NN=Cc1ccc(OCc2cccc([N+](=O)[O-])c2)c(OC)c1. The Kier molecular flexibility index (Phi) is 7.92. The van der Waals surface area contributed by atoms with Crippen LogP contribution in [0.25, 0.3) is 0 Å². The number of thiocarbonyl (C=S) groups is 1. The fraction of sp³-hybridized carbons (Fsp3) is 0.158. The van der Waals surface area contributed by atoms with Gasteiger partial charge in [0.15, 0.2) is 16.6 Å². The summed E-state index contributed by atoms with van der Waals surface area (Å²) in [4.78, 5) is 10.4. The van der Waals surface area contributed by atoms with Crippen LogP contribution in [0.2, 0.25) is 0 Å². The van der Waals surface area contributed by atoms with Crippen LogP contribution in [0, 0.1) is 10.1 Å². The number of nitrogens with one attached hydrogen (secondary N) is 2. The maximum absolute atomic E-state index is 10.9. The molecule has 0 heterocycles. The lowest BCUT2D eigenvalue weighted by molar-refractivity contribution is -0.384. The van der Waals surface area contributed by atoms with Gasteiger partial charge in [0.05, 0.1) is 18.2 Å². The van der Waals surface area contributed by atoms with Crippen molar-refractivity contribution >= 4 is 29.2 Å². The minimum Gasteiger partial charge on any atom is -0.493 e. The fourth-order valence-electron chi connectivity index (χ4n) is 2.17. The number of rotatable bonds is 9. The summed E-state index contributed by atoms with van der Waals surface area (Å²) in [6.45, 7) is 4.31. The Morgan fingerprint density at radius 1 is 1.32 bits per heavy atom. The highest BCUT2D eigenvalue weighted by Gasteiger charge is 2.09. The largest absolute Gasteiger partial charge is 0.493 e. The van der Waals surface area contributed by atoms with Crippen molar-refractivity contribution in [3.05, 3.63) is 76.4 Å². The third-order valence-corrected chi connectivity index (χ3v) is 3.73. The number of non-ortho nitro benzene ring substituents is 1. The van der Waals surface area contributed by atoms with Gasteiger partial charge in [0, 0.05) is 18.7 Å². The third-order valence-electron chi connectivity index (χ3n) is 3.49. The molecule has 0 saturated heterocycles. The van der Waals surface area contributed by atoms with E-state index in [4.69, 9.17) is 21.7 Å². The molecule has 0 aliphatic carbocycles. The summed E-state index contributed by atoms with van der Waals surface area (Å²) in [5.74, 6) is 1.03. The van der Waals surface area contributed by atoms with E-state index in [2.05, 4.69) is 22.4 Å². The van der Waals surface area contributed by atoms with Crippen LogP contribution in [0.4, 0.5) is 5.69 Å². The van der Waals surface area contributed by atoms with Crippen molar-refractivity contribution < 1.29 is 14.4 Å². The van der Waals surface area contributed by atoms with Crippen LogP contribution in [-0.4, -0.2) is 29.9 Å². The lowest BCUT2D eigenvalue weighted by atomic mass is 10.2. The second-order valence-corrected chi connectivity index (χ2v) is 5.90. The Labute approximate surface area is 168 Å². The number of nitro benzene ring substituents is 1. The molecule has 0 bridgehead atoms. The van der Waals surface area contributed by atoms with Crippen molar-refractivity contribution in [3.63, 3.8) is 0 Å². The van der Waals surface area contributed by atoms with E-state index in [-0.39, 0.29) is 12.3 Å². The first-order chi connectivity index (χ1) is 13.5. The summed E-state index contributed by atoms with van der Waals surface area (Å²) in [5.41, 5.74) is 4.18. The number of hydrogen-bond donors (Lipinski definition) is 2. The molecule has 0 aromatic heterocycles. The van der Waals surface area contributed by atoms with Gasteiger partial charge in [-0.3, -0.25) is 15.5 Å². The number of nitrogens with zero attached hydrogens (tertiary/aromatic N) is 2. The Balaban J connectivity index is 2.00. The maximum atomic E-state index is 10.9. The van der Waals surface area contributed by atoms with Gasteiger partial charge < -0.3 is 14.8 Å². The van der Waals surface area contributed by atoms with Crippen LogP contribution in [0.1, 0.15) is 11.1 Å². The summed E-state index contributed by atoms with van der Waals surface area (Å²) >= 11 is 5.04. The predicted octanol–water partition coefficient (Wildman–Crippen LogP) is 3.17. The van der Waals surface area contributed by atoms with Gasteiger partial charge in [-0.25, -0.2) is 0 Å². The van der Waals surface area contributed by atoms with E-state index in [0.717, 1.165) is 5.56 Å². The van der Waals surface area contributed by atoms with E-state index < -0.39 is 4.92 Å². The van der Waals surface area contributed by atoms with E-state index in [9.17, 15) is 10.1 Å². The molecule has 28 heavy (non-hydrogen) atoms. The Bertz CT molecular complexity index is 886. The smallest absolute Gasteiger partial charge is 0.269 e. The van der Waals surface area contributed by atoms with E-state index in [0.29, 0.717) is 28.7 Å². The van der Waals surface area contributed by atoms with E-state index in [1.165, 1.54) is 19.2 Å². The molecule has 8 nitrogen and oxygen atoms in total. The molecule has 0 aliphatic rings. The zero-order valence-electron chi connectivity index (χ0n) is 15.3. The third kappa shape index (κ3) is 6.36. The van der Waals surface area contributed by atoms with E-state index >= 15 is 0 Å². The molecule has 2 aromatic carbocycles. The molecule has 0 aliphatic heterocycles. The van der Waals surface area contributed by atoms with Crippen LogP contribution in [0.15, 0.2) is 60.2 Å². The van der Waals surface area contributed by atoms with Crippen LogP contribution < -0.4 is 20.2 Å². The van der Waals surface area contributed by atoms with E-state index in [1.54, 1.807) is 42.6 Å².